The predicted molar refractivity (Wildman–Crippen MR) is 107 cm³/mol. The molecule has 148 valence electrons. The summed E-state index contributed by atoms with van der Waals surface area (Å²) in [5.41, 5.74) is 4.91. The van der Waals surface area contributed by atoms with E-state index in [4.69, 9.17) is 32.4 Å². The van der Waals surface area contributed by atoms with E-state index in [1.807, 2.05) is 6.92 Å². The third-order valence-corrected chi connectivity index (χ3v) is 4.96. The molecule has 28 heavy (non-hydrogen) atoms. The van der Waals surface area contributed by atoms with Crippen molar-refractivity contribution in [3.63, 3.8) is 0 Å². The van der Waals surface area contributed by atoms with Crippen molar-refractivity contribution in [2.75, 3.05) is 6.61 Å². The maximum atomic E-state index is 12.4. The highest BCUT2D eigenvalue weighted by Crippen LogP contribution is 2.30. The molecule has 0 aliphatic heterocycles. The van der Waals surface area contributed by atoms with E-state index in [0.29, 0.717) is 41.5 Å². The molecular weight excluding hydrogens is 403 g/mol. The van der Waals surface area contributed by atoms with Gasteiger partial charge in [-0.2, -0.15) is 5.10 Å². The van der Waals surface area contributed by atoms with Crippen molar-refractivity contribution in [2.24, 2.45) is 5.10 Å². The molecule has 8 heteroatoms. The Labute approximate surface area is 172 Å². The van der Waals surface area contributed by atoms with Gasteiger partial charge in [0, 0.05) is 22.6 Å². The average molecular weight is 423 g/mol. The molecule has 1 aliphatic rings. The summed E-state index contributed by atoms with van der Waals surface area (Å²) >= 11 is 11.9. The molecule has 0 radical (unpaired) electrons. The molecule has 0 bridgehead atoms. The smallest absolute Gasteiger partial charge is 0.374 e. The third kappa shape index (κ3) is 4.23. The number of rotatable bonds is 5. The van der Waals surface area contributed by atoms with Gasteiger partial charge in [0.05, 0.1) is 22.9 Å². The lowest BCUT2D eigenvalue weighted by molar-refractivity contribution is 0.0465. The Morgan fingerprint density at radius 1 is 1.29 bits per heavy atom. The zero-order chi connectivity index (χ0) is 20.3. The van der Waals surface area contributed by atoms with E-state index in [1.165, 1.54) is 12.1 Å². The van der Waals surface area contributed by atoms with E-state index in [9.17, 15) is 9.59 Å². The fraction of sp³-hybridized carbons (Fsp3) is 0.350. The number of ether oxygens (including phenoxy) is 1. The number of hydrogen-bond acceptors (Lipinski definition) is 5. The van der Waals surface area contributed by atoms with Crippen LogP contribution in [0.2, 0.25) is 10.0 Å². The first-order valence-corrected chi connectivity index (χ1v) is 9.79. The second-order valence-electron chi connectivity index (χ2n) is 6.47. The van der Waals surface area contributed by atoms with Crippen LogP contribution >= 0.6 is 23.2 Å². The molecule has 2 aromatic rings. The number of nitrogens with zero attached hydrogens (tertiary/aromatic N) is 1. The number of nitrogens with one attached hydrogen (secondary N) is 1. The van der Waals surface area contributed by atoms with Crippen LogP contribution in [0.5, 0.6) is 0 Å². The molecule has 6 nitrogen and oxygen atoms in total. The van der Waals surface area contributed by atoms with E-state index >= 15 is 0 Å². The Morgan fingerprint density at radius 2 is 2.07 bits per heavy atom. The van der Waals surface area contributed by atoms with Crippen molar-refractivity contribution >= 4 is 40.8 Å². The SMILES string of the molecule is CCCOC(=O)c1oc2c(c1C)/C(=N/NC(=O)c1ccc(Cl)cc1Cl)CCC2. The number of halogens is 2. The van der Waals surface area contributed by atoms with Crippen LogP contribution in [0.3, 0.4) is 0 Å². The van der Waals surface area contributed by atoms with Crippen LogP contribution in [0.1, 0.15) is 64.0 Å². The van der Waals surface area contributed by atoms with Crippen LogP contribution in [0.25, 0.3) is 0 Å². The molecule has 1 heterocycles. The van der Waals surface area contributed by atoms with Crippen molar-refractivity contribution in [3.8, 4) is 0 Å². The van der Waals surface area contributed by atoms with Crippen molar-refractivity contribution in [3.05, 3.63) is 56.5 Å². The molecule has 0 saturated heterocycles. The molecule has 1 aliphatic carbocycles. The van der Waals surface area contributed by atoms with Gasteiger partial charge in [0.25, 0.3) is 5.91 Å². The molecule has 3 rings (SSSR count). The number of carbonyl (C=O) groups is 2. The van der Waals surface area contributed by atoms with Crippen LogP contribution in [0, 0.1) is 6.92 Å². The molecule has 1 aromatic heterocycles. The molecule has 1 amide bonds. The fourth-order valence-electron chi connectivity index (χ4n) is 3.09. The summed E-state index contributed by atoms with van der Waals surface area (Å²) in [6.07, 6.45) is 2.90. The third-order valence-electron chi connectivity index (χ3n) is 4.42. The predicted octanol–water partition coefficient (Wildman–Crippen LogP) is 4.93. The number of amides is 1. The van der Waals surface area contributed by atoms with Crippen molar-refractivity contribution in [2.45, 2.75) is 39.5 Å². The summed E-state index contributed by atoms with van der Waals surface area (Å²) in [4.78, 5) is 24.6. The van der Waals surface area contributed by atoms with E-state index < -0.39 is 11.9 Å². The van der Waals surface area contributed by atoms with Crippen molar-refractivity contribution in [1.82, 2.24) is 5.43 Å². The summed E-state index contributed by atoms with van der Waals surface area (Å²) in [6.45, 7) is 4.06. The van der Waals surface area contributed by atoms with Gasteiger partial charge >= 0.3 is 5.97 Å². The first kappa shape index (κ1) is 20.4. The number of benzene rings is 1. The van der Waals surface area contributed by atoms with Crippen LogP contribution in [-0.2, 0) is 11.2 Å². The Balaban J connectivity index is 1.84. The second-order valence-corrected chi connectivity index (χ2v) is 7.31. The maximum Gasteiger partial charge on any atom is 0.374 e. The van der Waals surface area contributed by atoms with Crippen LogP contribution < -0.4 is 5.43 Å². The summed E-state index contributed by atoms with van der Waals surface area (Å²) in [5, 5.41) is 4.96. The standard InChI is InChI=1S/C20H20Cl2N2O4/c1-3-9-27-20(26)18-11(2)17-15(5-4-6-16(17)28-18)23-24-19(25)13-8-7-12(21)10-14(13)22/h7-8,10H,3-6,9H2,1-2H3,(H,24,25)/b23-15+. The van der Waals surface area contributed by atoms with Gasteiger partial charge in [-0.05, 0) is 44.4 Å². The quantitative estimate of drug-likeness (QED) is 0.546. The lowest BCUT2D eigenvalue weighted by Crippen LogP contribution is -2.22. The van der Waals surface area contributed by atoms with Gasteiger partial charge in [0.15, 0.2) is 0 Å². The van der Waals surface area contributed by atoms with Crippen LogP contribution in [0.15, 0.2) is 27.7 Å². The topological polar surface area (TPSA) is 80.9 Å². The van der Waals surface area contributed by atoms with Gasteiger partial charge < -0.3 is 9.15 Å². The Bertz CT molecular complexity index is 950. The van der Waals surface area contributed by atoms with Crippen molar-refractivity contribution < 1.29 is 18.7 Å². The summed E-state index contributed by atoms with van der Waals surface area (Å²) in [5.74, 6) is -0.0417. The Morgan fingerprint density at radius 3 is 2.79 bits per heavy atom. The average Bonchev–Trinajstić information content (AvgIpc) is 3.01. The summed E-state index contributed by atoms with van der Waals surface area (Å²) in [7, 11) is 0. The molecule has 0 unspecified atom stereocenters. The number of hydrazone groups is 1. The first-order valence-electron chi connectivity index (χ1n) is 9.04. The zero-order valence-electron chi connectivity index (χ0n) is 15.6. The Hall–Kier alpha value is -2.31. The number of esters is 1. The van der Waals surface area contributed by atoms with E-state index in [2.05, 4.69) is 10.5 Å². The molecule has 0 spiro atoms. The number of fused-ring (bicyclic) bond motifs is 1. The lowest BCUT2D eigenvalue weighted by atomic mass is 9.93. The fourth-order valence-corrected chi connectivity index (χ4v) is 3.58. The van der Waals surface area contributed by atoms with Gasteiger partial charge in [-0.1, -0.05) is 30.1 Å². The van der Waals surface area contributed by atoms with E-state index in [0.717, 1.165) is 18.4 Å². The van der Waals surface area contributed by atoms with Crippen LogP contribution in [0.4, 0.5) is 0 Å². The highest BCUT2D eigenvalue weighted by atomic mass is 35.5. The van der Waals surface area contributed by atoms with Gasteiger partial charge in [0.2, 0.25) is 5.76 Å². The highest BCUT2D eigenvalue weighted by molar-refractivity contribution is 6.36. The van der Waals surface area contributed by atoms with Gasteiger partial charge in [-0.25, -0.2) is 10.2 Å². The Kier molecular flexibility index (Phi) is 6.42. The van der Waals surface area contributed by atoms with Gasteiger partial charge in [-0.15, -0.1) is 0 Å². The number of hydrogen-bond donors (Lipinski definition) is 1. The van der Waals surface area contributed by atoms with Gasteiger partial charge in [-0.3, -0.25) is 4.79 Å². The highest BCUT2D eigenvalue weighted by Gasteiger charge is 2.28. The van der Waals surface area contributed by atoms with E-state index in [1.54, 1.807) is 13.0 Å². The number of aryl methyl sites for hydroxylation is 1. The summed E-state index contributed by atoms with van der Waals surface area (Å²) < 4.78 is 10.9. The largest absolute Gasteiger partial charge is 0.460 e. The number of furan rings is 1. The van der Waals surface area contributed by atoms with Crippen molar-refractivity contribution in [1.29, 1.82) is 0 Å². The zero-order valence-corrected chi connectivity index (χ0v) is 17.1. The van der Waals surface area contributed by atoms with Crippen LogP contribution in [-0.4, -0.2) is 24.2 Å². The number of carbonyl (C=O) groups excluding carboxylic acids is 2. The van der Waals surface area contributed by atoms with E-state index in [-0.39, 0.29) is 16.3 Å². The maximum absolute atomic E-state index is 12.4. The first-order chi connectivity index (χ1) is 13.4. The second kappa shape index (κ2) is 8.80. The minimum Gasteiger partial charge on any atom is -0.460 e. The van der Waals surface area contributed by atoms with Gasteiger partial charge in [0.1, 0.15) is 5.76 Å². The molecule has 0 atom stereocenters. The minimum absolute atomic E-state index is 0.195. The summed E-state index contributed by atoms with van der Waals surface area (Å²) in [6, 6.07) is 4.62. The monoisotopic (exact) mass is 422 g/mol. The molecule has 1 N–H and O–H groups in total. The minimum atomic E-state index is -0.481. The molecular formula is C20H20Cl2N2O4. The lowest BCUT2D eigenvalue weighted by Gasteiger charge is -2.13. The normalized spacial score (nSPS) is 14.6. The molecule has 1 aromatic carbocycles. The molecule has 0 fully saturated rings. The molecule has 0 saturated carbocycles.